The van der Waals surface area contributed by atoms with Crippen LogP contribution in [0.3, 0.4) is 0 Å². The summed E-state index contributed by atoms with van der Waals surface area (Å²) in [5, 5.41) is 2.91. The summed E-state index contributed by atoms with van der Waals surface area (Å²) >= 11 is 5.52. The number of benzene rings is 1. The van der Waals surface area contributed by atoms with Gasteiger partial charge in [0.05, 0.1) is 17.9 Å². The number of halogens is 2. The van der Waals surface area contributed by atoms with Crippen LogP contribution in [0.25, 0.3) is 0 Å². The molecule has 3 nitrogen and oxygen atoms in total. The Bertz CT molecular complexity index is 554. The number of hydrogen-bond donors (Lipinski definition) is 1. The third kappa shape index (κ3) is 3.14. The summed E-state index contributed by atoms with van der Waals surface area (Å²) in [5.41, 5.74) is 0.656. The Kier molecular flexibility index (Phi) is 4.45. The summed E-state index contributed by atoms with van der Waals surface area (Å²) in [6, 6.07) is 9.12. The molecule has 1 amide bonds. The monoisotopic (exact) mass is 419 g/mol. The van der Waals surface area contributed by atoms with Crippen molar-refractivity contribution in [1.29, 1.82) is 0 Å². The van der Waals surface area contributed by atoms with E-state index in [0.717, 1.165) is 13.8 Å². The van der Waals surface area contributed by atoms with Crippen LogP contribution in [-0.2, 0) is 0 Å². The lowest BCUT2D eigenvalue weighted by atomic mass is 10.2. The van der Waals surface area contributed by atoms with Crippen molar-refractivity contribution in [3.05, 3.63) is 56.0 Å². The first-order chi connectivity index (χ1) is 8.58. The summed E-state index contributed by atoms with van der Waals surface area (Å²) in [6.45, 7) is 1.89. The van der Waals surface area contributed by atoms with E-state index in [2.05, 4.69) is 43.8 Å². The van der Waals surface area contributed by atoms with Crippen molar-refractivity contribution >= 4 is 44.4 Å². The zero-order valence-corrected chi connectivity index (χ0v) is 13.4. The molecule has 94 valence electrons. The van der Waals surface area contributed by atoms with Crippen molar-refractivity contribution in [2.24, 2.45) is 0 Å². The second-order valence-electron chi connectivity index (χ2n) is 3.83. The molecule has 1 N–H and O–H groups in total. The van der Waals surface area contributed by atoms with Crippen molar-refractivity contribution in [2.75, 3.05) is 0 Å². The van der Waals surface area contributed by atoms with Crippen LogP contribution in [0.15, 0.2) is 45.5 Å². The van der Waals surface area contributed by atoms with Crippen LogP contribution in [0, 0.1) is 3.57 Å². The topological polar surface area (TPSA) is 42.2 Å². The Morgan fingerprint density at radius 3 is 2.89 bits per heavy atom. The average Bonchev–Trinajstić information content (AvgIpc) is 2.85. The second kappa shape index (κ2) is 5.88. The number of rotatable bonds is 3. The molecule has 0 aliphatic rings. The third-order valence-corrected chi connectivity index (χ3v) is 3.92. The molecule has 1 atom stereocenters. The quantitative estimate of drug-likeness (QED) is 0.759. The molecule has 0 radical (unpaired) electrons. The van der Waals surface area contributed by atoms with Crippen LogP contribution >= 0.6 is 38.5 Å². The van der Waals surface area contributed by atoms with Crippen LogP contribution < -0.4 is 5.32 Å². The molecule has 0 aliphatic carbocycles. The van der Waals surface area contributed by atoms with Crippen molar-refractivity contribution in [3.8, 4) is 0 Å². The van der Waals surface area contributed by atoms with Gasteiger partial charge in [0.1, 0.15) is 5.76 Å². The molecule has 1 aromatic carbocycles. The van der Waals surface area contributed by atoms with Gasteiger partial charge in [0, 0.05) is 8.04 Å². The fraction of sp³-hybridized carbons (Fsp3) is 0.154. The van der Waals surface area contributed by atoms with Gasteiger partial charge in [0.15, 0.2) is 0 Å². The van der Waals surface area contributed by atoms with Crippen LogP contribution in [0.1, 0.15) is 29.1 Å². The minimum atomic E-state index is -0.151. The lowest BCUT2D eigenvalue weighted by Gasteiger charge is -2.12. The maximum absolute atomic E-state index is 12.1. The van der Waals surface area contributed by atoms with Crippen molar-refractivity contribution in [1.82, 2.24) is 5.32 Å². The van der Waals surface area contributed by atoms with Gasteiger partial charge in [-0.05, 0) is 59.8 Å². The van der Waals surface area contributed by atoms with E-state index in [-0.39, 0.29) is 11.9 Å². The van der Waals surface area contributed by atoms with Gasteiger partial charge in [-0.2, -0.15) is 0 Å². The van der Waals surface area contributed by atoms with Gasteiger partial charge in [-0.15, -0.1) is 0 Å². The van der Waals surface area contributed by atoms with Gasteiger partial charge in [-0.3, -0.25) is 4.79 Å². The zero-order chi connectivity index (χ0) is 13.1. The maximum atomic E-state index is 12.1. The molecule has 2 aromatic rings. The van der Waals surface area contributed by atoms with Gasteiger partial charge in [0.25, 0.3) is 5.91 Å². The summed E-state index contributed by atoms with van der Waals surface area (Å²) in [6.07, 6.45) is 1.60. The summed E-state index contributed by atoms with van der Waals surface area (Å²) < 4.78 is 7.06. The Hall–Kier alpha value is -0.820. The molecule has 0 bridgehead atoms. The SMILES string of the molecule is CC(NC(=O)c1cc(Br)ccc1I)c1ccco1. The maximum Gasteiger partial charge on any atom is 0.252 e. The molecule has 18 heavy (non-hydrogen) atoms. The fourth-order valence-electron chi connectivity index (χ4n) is 1.55. The van der Waals surface area contributed by atoms with Crippen molar-refractivity contribution in [3.63, 3.8) is 0 Å². The van der Waals surface area contributed by atoms with E-state index in [4.69, 9.17) is 4.42 Å². The molecule has 0 saturated carbocycles. The number of carbonyl (C=O) groups excluding carboxylic acids is 1. The normalized spacial score (nSPS) is 12.2. The van der Waals surface area contributed by atoms with Crippen LogP contribution in [-0.4, -0.2) is 5.91 Å². The smallest absolute Gasteiger partial charge is 0.252 e. The molecule has 5 heteroatoms. The van der Waals surface area contributed by atoms with E-state index in [1.54, 1.807) is 12.3 Å². The van der Waals surface area contributed by atoms with Crippen LogP contribution in [0.5, 0.6) is 0 Å². The number of furan rings is 1. The molecule has 0 aliphatic heterocycles. The van der Waals surface area contributed by atoms with Crippen molar-refractivity contribution < 1.29 is 9.21 Å². The first-order valence-corrected chi connectivity index (χ1v) is 7.24. The molecular formula is C13H11BrINO2. The summed E-state index contributed by atoms with van der Waals surface area (Å²) in [4.78, 5) is 12.1. The second-order valence-corrected chi connectivity index (χ2v) is 5.91. The minimum Gasteiger partial charge on any atom is -0.467 e. The highest BCUT2D eigenvalue weighted by molar-refractivity contribution is 14.1. The zero-order valence-electron chi connectivity index (χ0n) is 9.61. The number of hydrogen-bond acceptors (Lipinski definition) is 2. The third-order valence-electron chi connectivity index (χ3n) is 2.49. The molecule has 0 saturated heterocycles. The van der Waals surface area contributed by atoms with Gasteiger partial charge < -0.3 is 9.73 Å². The molecule has 1 unspecified atom stereocenters. The Balaban J connectivity index is 2.15. The van der Waals surface area contributed by atoms with Crippen LogP contribution in [0.4, 0.5) is 0 Å². The number of carbonyl (C=O) groups is 1. The van der Waals surface area contributed by atoms with Gasteiger partial charge in [-0.1, -0.05) is 15.9 Å². The fourth-order valence-corrected chi connectivity index (χ4v) is 2.50. The summed E-state index contributed by atoms with van der Waals surface area (Å²) in [7, 11) is 0. The first-order valence-electron chi connectivity index (χ1n) is 5.37. The Labute approximate surface area is 127 Å². The van der Waals surface area contributed by atoms with E-state index in [1.807, 2.05) is 31.2 Å². The van der Waals surface area contributed by atoms with E-state index < -0.39 is 0 Å². The lowest BCUT2D eigenvalue weighted by Crippen LogP contribution is -2.27. The molecule has 0 spiro atoms. The van der Waals surface area contributed by atoms with Gasteiger partial charge in [-0.25, -0.2) is 0 Å². The molecular weight excluding hydrogens is 409 g/mol. The Morgan fingerprint density at radius 2 is 2.22 bits per heavy atom. The predicted octanol–water partition coefficient (Wildman–Crippen LogP) is 4.14. The van der Waals surface area contributed by atoms with Gasteiger partial charge >= 0.3 is 0 Å². The largest absolute Gasteiger partial charge is 0.467 e. The van der Waals surface area contributed by atoms with E-state index >= 15 is 0 Å². The number of nitrogens with one attached hydrogen (secondary N) is 1. The summed E-state index contributed by atoms with van der Waals surface area (Å²) in [5.74, 6) is 0.637. The van der Waals surface area contributed by atoms with E-state index in [1.165, 1.54) is 0 Å². The average molecular weight is 420 g/mol. The number of amides is 1. The minimum absolute atomic E-state index is 0.107. The van der Waals surface area contributed by atoms with Gasteiger partial charge in [0.2, 0.25) is 0 Å². The van der Waals surface area contributed by atoms with Crippen LogP contribution in [0.2, 0.25) is 0 Å². The standard InChI is InChI=1S/C13H11BrINO2/c1-8(12-3-2-6-18-12)16-13(17)10-7-9(14)4-5-11(10)15/h2-8H,1H3,(H,16,17). The highest BCUT2D eigenvalue weighted by atomic mass is 127. The molecule has 2 rings (SSSR count). The molecule has 1 heterocycles. The van der Waals surface area contributed by atoms with Crippen molar-refractivity contribution in [2.45, 2.75) is 13.0 Å². The highest BCUT2D eigenvalue weighted by Crippen LogP contribution is 2.20. The highest BCUT2D eigenvalue weighted by Gasteiger charge is 2.15. The van der Waals surface area contributed by atoms with E-state index in [9.17, 15) is 4.79 Å². The lowest BCUT2D eigenvalue weighted by molar-refractivity contribution is 0.0934. The molecule has 0 fully saturated rings. The molecule has 1 aromatic heterocycles. The Morgan fingerprint density at radius 1 is 1.44 bits per heavy atom. The van der Waals surface area contributed by atoms with E-state index in [0.29, 0.717) is 5.56 Å². The predicted molar refractivity (Wildman–Crippen MR) is 81.4 cm³/mol. The first kappa shape index (κ1) is 13.6.